The number of hydrogen-bond donors (Lipinski definition) is 4. The molecule has 1 unspecified atom stereocenters. The zero-order valence-corrected chi connectivity index (χ0v) is 8.63. The molecule has 9 heteroatoms. The Bertz CT molecular complexity index is 271. The number of aliphatic carboxylic acids is 1. The molecule has 0 radical (unpaired) electrons. The predicted molar refractivity (Wildman–Crippen MR) is 47.6 cm³/mol. The van der Waals surface area contributed by atoms with E-state index in [2.05, 4.69) is 11.3 Å². The van der Waals surface area contributed by atoms with E-state index in [1.165, 1.54) is 6.92 Å². The average Bonchev–Trinajstić information content (AvgIpc) is 2.00. The van der Waals surface area contributed by atoms with Gasteiger partial charge in [0.15, 0.2) is 6.10 Å². The van der Waals surface area contributed by atoms with Crippen LogP contribution in [0.15, 0.2) is 12.7 Å². The van der Waals surface area contributed by atoms with Gasteiger partial charge in [-0.3, -0.25) is 0 Å². The van der Waals surface area contributed by atoms with Gasteiger partial charge in [0.2, 0.25) is 0 Å². The summed E-state index contributed by atoms with van der Waals surface area (Å²) in [5.74, 6) is -1.90. The third-order valence-corrected chi connectivity index (χ3v) is 0.807. The van der Waals surface area contributed by atoms with Crippen LogP contribution >= 0.6 is 7.82 Å². The van der Waals surface area contributed by atoms with Gasteiger partial charge < -0.3 is 24.5 Å². The quantitative estimate of drug-likeness (QED) is 0.288. The number of rotatable bonds is 3. The van der Waals surface area contributed by atoms with Gasteiger partial charge in [-0.05, 0) is 6.92 Å². The Kier molecular flexibility index (Phi) is 7.71. The van der Waals surface area contributed by atoms with Gasteiger partial charge in [0, 0.05) is 6.08 Å². The maximum atomic E-state index is 10.3. The number of carboxylic acid groups (broad SMARTS) is 1. The lowest BCUT2D eigenvalue weighted by atomic mass is 10.4. The van der Waals surface area contributed by atoms with Crippen LogP contribution in [0.3, 0.4) is 0 Å². The Hall–Kier alpha value is -1.21. The Balaban J connectivity index is 0. The lowest BCUT2D eigenvalue weighted by molar-refractivity contribution is -0.159. The van der Waals surface area contributed by atoms with E-state index < -0.39 is 25.9 Å². The van der Waals surface area contributed by atoms with Gasteiger partial charge in [-0.2, -0.15) is 0 Å². The van der Waals surface area contributed by atoms with Crippen LogP contribution in [0.25, 0.3) is 0 Å². The number of phosphoric acid groups is 1. The largest absolute Gasteiger partial charge is 0.479 e. The molecule has 0 bridgehead atoms. The van der Waals surface area contributed by atoms with E-state index in [-0.39, 0.29) is 0 Å². The van der Waals surface area contributed by atoms with Crippen molar-refractivity contribution in [3.63, 3.8) is 0 Å². The lowest BCUT2D eigenvalue weighted by Crippen LogP contribution is -2.22. The molecule has 0 aliphatic heterocycles. The zero-order chi connectivity index (χ0) is 12.6. The van der Waals surface area contributed by atoms with Crippen molar-refractivity contribution in [3.8, 4) is 0 Å². The van der Waals surface area contributed by atoms with Gasteiger partial charge in [0.05, 0.1) is 0 Å². The summed E-state index contributed by atoms with van der Waals surface area (Å²) >= 11 is 0. The van der Waals surface area contributed by atoms with E-state index in [0.29, 0.717) is 0 Å². The van der Waals surface area contributed by atoms with E-state index in [4.69, 9.17) is 24.4 Å². The highest BCUT2D eigenvalue weighted by Crippen LogP contribution is 2.25. The van der Waals surface area contributed by atoms with Crippen molar-refractivity contribution < 1.29 is 38.7 Å². The van der Waals surface area contributed by atoms with Crippen LogP contribution < -0.4 is 0 Å². The molecule has 0 aromatic rings. The minimum Gasteiger partial charge on any atom is -0.479 e. The molecule has 88 valence electrons. The molecule has 0 rings (SSSR count). The number of carbonyl (C=O) groups excluding carboxylic acids is 1. The molecular weight excluding hydrogens is 231 g/mol. The Labute approximate surface area is 85.0 Å². The van der Waals surface area contributed by atoms with Crippen molar-refractivity contribution in [2.45, 2.75) is 13.0 Å². The van der Waals surface area contributed by atoms with Crippen molar-refractivity contribution in [1.82, 2.24) is 0 Å². The van der Waals surface area contributed by atoms with Crippen LogP contribution in [-0.2, 0) is 18.9 Å². The summed E-state index contributed by atoms with van der Waals surface area (Å²) in [6.07, 6.45) is -0.190. The highest BCUT2D eigenvalue weighted by atomic mass is 31.2. The monoisotopic (exact) mass is 242 g/mol. The van der Waals surface area contributed by atoms with E-state index in [1.54, 1.807) is 0 Å². The second-order valence-corrected chi connectivity index (χ2v) is 3.16. The van der Waals surface area contributed by atoms with Crippen molar-refractivity contribution >= 4 is 19.8 Å². The van der Waals surface area contributed by atoms with Crippen molar-refractivity contribution in [1.29, 1.82) is 0 Å². The molecule has 0 saturated carbocycles. The SMILES string of the molecule is C=CC(=O)OC(C)C(=O)O.O=P(O)(O)O. The first kappa shape index (κ1) is 16.2. The van der Waals surface area contributed by atoms with E-state index in [0.717, 1.165) is 6.08 Å². The molecule has 4 N–H and O–H groups in total. The summed E-state index contributed by atoms with van der Waals surface area (Å²) in [7, 11) is -4.64. The minimum absolute atomic E-state index is 0.727. The first-order valence-corrected chi connectivity index (χ1v) is 4.98. The number of carboxylic acids is 1. The van der Waals surface area contributed by atoms with Gasteiger partial charge in [-0.25, -0.2) is 14.2 Å². The van der Waals surface area contributed by atoms with Crippen molar-refractivity contribution in [3.05, 3.63) is 12.7 Å². The van der Waals surface area contributed by atoms with Crippen LogP contribution in [0.4, 0.5) is 0 Å². The Morgan fingerprint density at radius 1 is 1.40 bits per heavy atom. The fourth-order valence-electron chi connectivity index (χ4n) is 0.273. The number of carbonyl (C=O) groups is 2. The van der Waals surface area contributed by atoms with Crippen LogP contribution in [0.1, 0.15) is 6.92 Å². The summed E-state index contributed by atoms with van der Waals surface area (Å²) < 4.78 is 13.2. The molecule has 15 heavy (non-hydrogen) atoms. The molecule has 0 aromatic heterocycles. The van der Waals surface area contributed by atoms with E-state index >= 15 is 0 Å². The predicted octanol–water partition coefficient (Wildman–Crippen LogP) is -0.740. The highest BCUT2D eigenvalue weighted by Gasteiger charge is 2.13. The van der Waals surface area contributed by atoms with Gasteiger partial charge in [0.1, 0.15) is 0 Å². The Morgan fingerprint density at radius 2 is 1.73 bits per heavy atom. The summed E-state index contributed by atoms with van der Waals surface area (Å²) in [5, 5.41) is 8.21. The summed E-state index contributed by atoms with van der Waals surface area (Å²) in [5.41, 5.74) is 0. The fraction of sp³-hybridized carbons (Fsp3) is 0.333. The molecule has 0 aliphatic carbocycles. The van der Waals surface area contributed by atoms with Gasteiger partial charge in [-0.15, -0.1) is 0 Å². The minimum atomic E-state index is -4.64. The van der Waals surface area contributed by atoms with Crippen LogP contribution in [0, 0.1) is 0 Å². The average molecular weight is 242 g/mol. The molecular formula is C6H11O8P. The number of ether oxygens (including phenoxy) is 1. The zero-order valence-electron chi connectivity index (χ0n) is 7.73. The summed E-state index contributed by atoms with van der Waals surface area (Å²) in [6.45, 7) is 4.37. The van der Waals surface area contributed by atoms with Crippen LogP contribution in [0.2, 0.25) is 0 Å². The Morgan fingerprint density at radius 3 is 1.93 bits per heavy atom. The summed E-state index contributed by atoms with van der Waals surface area (Å²) in [4.78, 5) is 41.9. The van der Waals surface area contributed by atoms with Gasteiger partial charge >= 0.3 is 19.8 Å². The fourth-order valence-corrected chi connectivity index (χ4v) is 0.273. The van der Waals surface area contributed by atoms with Crippen LogP contribution in [-0.4, -0.2) is 37.8 Å². The molecule has 0 amide bonds. The summed E-state index contributed by atoms with van der Waals surface area (Å²) in [6, 6.07) is 0. The topological polar surface area (TPSA) is 141 Å². The molecule has 0 heterocycles. The maximum Gasteiger partial charge on any atom is 0.466 e. The smallest absolute Gasteiger partial charge is 0.466 e. The van der Waals surface area contributed by atoms with Gasteiger partial charge in [-0.1, -0.05) is 6.58 Å². The van der Waals surface area contributed by atoms with Gasteiger partial charge in [0.25, 0.3) is 0 Å². The third-order valence-electron chi connectivity index (χ3n) is 0.807. The second-order valence-electron chi connectivity index (χ2n) is 2.13. The van der Waals surface area contributed by atoms with Crippen LogP contribution in [0.5, 0.6) is 0 Å². The number of esters is 1. The highest BCUT2D eigenvalue weighted by molar-refractivity contribution is 7.45. The molecule has 0 aliphatic rings. The standard InChI is InChI=1S/C6H8O4.H3O4P/c1-3-5(7)10-4(2)6(8)9;1-5(2,3)4/h3-4H,1H2,2H3,(H,8,9);(H3,1,2,3,4). The third kappa shape index (κ3) is 19.3. The second kappa shape index (κ2) is 7.13. The molecule has 0 saturated heterocycles. The first-order valence-electron chi connectivity index (χ1n) is 3.42. The number of hydrogen-bond acceptors (Lipinski definition) is 4. The van der Waals surface area contributed by atoms with Crippen molar-refractivity contribution in [2.75, 3.05) is 0 Å². The molecule has 0 fully saturated rings. The first-order chi connectivity index (χ1) is 6.57. The molecule has 8 nitrogen and oxygen atoms in total. The maximum absolute atomic E-state index is 10.3. The van der Waals surface area contributed by atoms with E-state index in [9.17, 15) is 9.59 Å². The lowest BCUT2D eigenvalue weighted by Gasteiger charge is -2.04. The normalized spacial score (nSPS) is 11.7. The molecule has 0 spiro atoms. The van der Waals surface area contributed by atoms with Crippen molar-refractivity contribution in [2.24, 2.45) is 0 Å². The molecule has 1 atom stereocenters. The van der Waals surface area contributed by atoms with E-state index in [1.807, 2.05) is 0 Å². The molecule has 0 aromatic carbocycles.